The van der Waals surface area contributed by atoms with Crippen molar-refractivity contribution in [1.29, 1.82) is 0 Å². The van der Waals surface area contributed by atoms with Crippen LogP contribution in [0.1, 0.15) is 11.1 Å². The first-order valence-corrected chi connectivity index (χ1v) is 8.65. The molecule has 0 saturated heterocycles. The zero-order valence-corrected chi connectivity index (χ0v) is 14.6. The molecule has 3 rings (SSSR count). The molecule has 130 valence electrons. The van der Waals surface area contributed by atoms with Gasteiger partial charge in [-0.1, -0.05) is 48.2 Å². The Morgan fingerprint density at radius 3 is 2.48 bits per heavy atom. The molecular formula is C18H17F2N3OS. The highest BCUT2D eigenvalue weighted by atomic mass is 32.2. The number of nitrogens with zero attached hydrogens (tertiary/aromatic N) is 3. The van der Waals surface area contributed by atoms with E-state index in [1.54, 1.807) is 23.9 Å². The molecule has 0 aliphatic carbocycles. The maximum Gasteiger partial charge on any atom is 0.387 e. The summed E-state index contributed by atoms with van der Waals surface area (Å²) < 4.78 is 30.6. The van der Waals surface area contributed by atoms with Gasteiger partial charge in [-0.05, 0) is 30.2 Å². The van der Waals surface area contributed by atoms with E-state index in [1.165, 1.54) is 12.1 Å². The number of aromatic nitrogens is 3. The molecule has 0 aliphatic rings. The van der Waals surface area contributed by atoms with Gasteiger partial charge in [-0.3, -0.25) is 0 Å². The van der Waals surface area contributed by atoms with E-state index < -0.39 is 6.61 Å². The van der Waals surface area contributed by atoms with Crippen molar-refractivity contribution in [3.63, 3.8) is 0 Å². The molecular weight excluding hydrogens is 344 g/mol. The molecule has 0 fully saturated rings. The van der Waals surface area contributed by atoms with Gasteiger partial charge in [-0.2, -0.15) is 8.78 Å². The van der Waals surface area contributed by atoms with E-state index in [4.69, 9.17) is 0 Å². The highest BCUT2D eigenvalue weighted by Gasteiger charge is 2.13. The van der Waals surface area contributed by atoms with Crippen LogP contribution in [0.15, 0.2) is 53.7 Å². The molecule has 1 aromatic heterocycles. The van der Waals surface area contributed by atoms with Crippen LogP contribution in [0, 0.1) is 6.92 Å². The lowest BCUT2D eigenvalue weighted by molar-refractivity contribution is -0.0498. The Labute approximate surface area is 148 Å². The van der Waals surface area contributed by atoms with Crippen molar-refractivity contribution in [2.75, 3.05) is 0 Å². The SMILES string of the molecule is Cc1ccccc1-c1nnc(SCc2ccc(OC(F)F)cc2)n1C. The number of halogens is 2. The third-order valence-electron chi connectivity index (χ3n) is 3.74. The van der Waals surface area contributed by atoms with Crippen LogP contribution in [0.25, 0.3) is 11.4 Å². The molecule has 1 heterocycles. The zero-order valence-electron chi connectivity index (χ0n) is 13.8. The van der Waals surface area contributed by atoms with Crippen LogP contribution in [-0.4, -0.2) is 21.4 Å². The minimum atomic E-state index is -2.81. The fourth-order valence-electron chi connectivity index (χ4n) is 2.41. The Morgan fingerprint density at radius 2 is 1.80 bits per heavy atom. The van der Waals surface area contributed by atoms with Gasteiger partial charge in [0.05, 0.1) is 0 Å². The van der Waals surface area contributed by atoms with Crippen LogP contribution in [0.5, 0.6) is 5.75 Å². The Hall–Kier alpha value is -2.41. The van der Waals surface area contributed by atoms with E-state index in [0.717, 1.165) is 27.7 Å². The summed E-state index contributed by atoms with van der Waals surface area (Å²) >= 11 is 1.54. The molecule has 0 unspecified atom stereocenters. The van der Waals surface area contributed by atoms with Crippen LogP contribution in [0.4, 0.5) is 8.78 Å². The van der Waals surface area contributed by atoms with Crippen molar-refractivity contribution in [2.24, 2.45) is 7.05 Å². The number of alkyl halides is 2. The summed E-state index contributed by atoms with van der Waals surface area (Å²) in [6, 6.07) is 14.6. The van der Waals surface area contributed by atoms with E-state index in [-0.39, 0.29) is 5.75 Å². The van der Waals surface area contributed by atoms with Gasteiger partial charge in [0.2, 0.25) is 0 Å². The largest absolute Gasteiger partial charge is 0.435 e. The molecule has 25 heavy (non-hydrogen) atoms. The van der Waals surface area contributed by atoms with Gasteiger partial charge in [0.15, 0.2) is 11.0 Å². The molecule has 0 amide bonds. The summed E-state index contributed by atoms with van der Waals surface area (Å²) in [4.78, 5) is 0. The zero-order chi connectivity index (χ0) is 17.8. The van der Waals surface area contributed by atoms with E-state index >= 15 is 0 Å². The minimum Gasteiger partial charge on any atom is -0.435 e. The van der Waals surface area contributed by atoms with E-state index in [0.29, 0.717) is 5.75 Å². The lowest BCUT2D eigenvalue weighted by Crippen LogP contribution is -2.01. The van der Waals surface area contributed by atoms with Gasteiger partial charge < -0.3 is 9.30 Å². The fraction of sp³-hybridized carbons (Fsp3) is 0.222. The summed E-state index contributed by atoms with van der Waals surface area (Å²) in [6.45, 7) is -0.765. The molecule has 0 bridgehead atoms. The van der Waals surface area contributed by atoms with Gasteiger partial charge in [-0.25, -0.2) is 0 Å². The minimum absolute atomic E-state index is 0.157. The number of thioether (sulfide) groups is 1. The third kappa shape index (κ3) is 4.17. The first-order chi connectivity index (χ1) is 12.0. The van der Waals surface area contributed by atoms with Crippen molar-refractivity contribution in [1.82, 2.24) is 14.8 Å². The summed E-state index contributed by atoms with van der Waals surface area (Å²) in [5, 5.41) is 9.35. The number of hydrogen-bond acceptors (Lipinski definition) is 4. The average Bonchev–Trinajstić information content (AvgIpc) is 2.95. The predicted molar refractivity (Wildman–Crippen MR) is 93.8 cm³/mol. The molecule has 4 nitrogen and oxygen atoms in total. The van der Waals surface area contributed by atoms with Crippen LogP contribution < -0.4 is 4.74 Å². The molecule has 0 radical (unpaired) electrons. The molecule has 0 atom stereocenters. The topological polar surface area (TPSA) is 39.9 Å². The second-order valence-corrected chi connectivity index (χ2v) is 6.43. The normalized spacial score (nSPS) is 11.1. The van der Waals surface area contributed by atoms with Crippen LogP contribution in [0.3, 0.4) is 0 Å². The first kappa shape index (κ1) is 17.4. The number of ether oxygens (including phenoxy) is 1. The Kier molecular flexibility index (Phi) is 5.33. The molecule has 2 aromatic carbocycles. The predicted octanol–water partition coefficient (Wildman–Crippen LogP) is 4.68. The van der Waals surface area contributed by atoms with Crippen LogP contribution in [0.2, 0.25) is 0 Å². The first-order valence-electron chi connectivity index (χ1n) is 7.66. The van der Waals surface area contributed by atoms with Gasteiger partial charge in [-0.15, -0.1) is 10.2 Å². The van der Waals surface area contributed by atoms with Crippen molar-refractivity contribution >= 4 is 11.8 Å². The molecule has 0 aliphatic heterocycles. The third-order valence-corrected chi connectivity index (χ3v) is 4.83. The van der Waals surface area contributed by atoms with Crippen molar-refractivity contribution in [3.8, 4) is 17.1 Å². The van der Waals surface area contributed by atoms with Crippen LogP contribution in [-0.2, 0) is 12.8 Å². The number of hydrogen-bond donors (Lipinski definition) is 0. The number of rotatable bonds is 6. The maximum atomic E-state index is 12.2. The summed E-state index contributed by atoms with van der Waals surface area (Å²) in [5.74, 6) is 1.64. The van der Waals surface area contributed by atoms with Gasteiger partial charge >= 0.3 is 6.61 Å². The quantitative estimate of drug-likeness (QED) is 0.598. The summed E-state index contributed by atoms with van der Waals surface area (Å²) in [6.07, 6.45) is 0. The highest BCUT2D eigenvalue weighted by Crippen LogP contribution is 2.27. The number of benzene rings is 2. The van der Waals surface area contributed by atoms with Gasteiger partial charge in [0.1, 0.15) is 5.75 Å². The Bertz CT molecular complexity index is 850. The monoisotopic (exact) mass is 361 g/mol. The van der Waals surface area contributed by atoms with E-state index in [1.807, 2.05) is 42.8 Å². The van der Waals surface area contributed by atoms with Crippen LogP contribution >= 0.6 is 11.8 Å². The molecule has 0 spiro atoms. The summed E-state index contributed by atoms with van der Waals surface area (Å²) in [5.41, 5.74) is 3.19. The second kappa shape index (κ2) is 7.65. The second-order valence-electron chi connectivity index (χ2n) is 5.49. The molecule has 7 heteroatoms. The molecule has 3 aromatic rings. The van der Waals surface area contributed by atoms with Gasteiger partial charge in [0.25, 0.3) is 0 Å². The van der Waals surface area contributed by atoms with Gasteiger partial charge in [0, 0.05) is 18.4 Å². The standard InChI is InChI=1S/C18H17F2N3OS/c1-12-5-3-4-6-15(12)16-21-22-18(23(16)2)25-11-13-7-9-14(10-8-13)24-17(19)20/h3-10,17H,11H2,1-2H3. The van der Waals surface area contributed by atoms with Crippen molar-refractivity contribution in [3.05, 3.63) is 59.7 Å². The Morgan fingerprint density at radius 1 is 1.08 bits per heavy atom. The van der Waals surface area contributed by atoms with E-state index in [2.05, 4.69) is 14.9 Å². The lowest BCUT2D eigenvalue weighted by Gasteiger charge is -2.07. The lowest BCUT2D eigenvalue weighted by atomic mass is 10.1. The smallest absolute Gasteiger partial charge is 0.387 e. The molecule has 0 saturated carbocycles. The Balaban J connectivity index is 1.69. The van der Waals surface area contributed by atoms with E-state index in [9.17, 15) is 8.78 Å². The average molecular weight is 361 g/mol. The van der Waals surface area contributed by atoms with Crippen molar-refractivity contribution in [2.45, 2.75) is 24.4 Å². The number of aryl methyl sites for hydroxylation is 1. The maximum absolute atomic E-state index is 12.2. The fourth-order valence-corrected chi connectivity index (χ4v) is 3.28. The highest BCUT2D eigenvalue weighted by molar-refractivity contribution is 7.98. The molecule has 0 N–H and O–H groups in total. The summed E-state index contributed by atoms with van der Waals surface area (Å²) in [7, 11) is 1.93. The van der Waals surface area contributed by atoms with Crippen molar-refractivity contribution < 1.29 is 13.5 Å².